The molecule has 1 aromatic carbocycles. The molecule has 1 heterocycles. The van der Waals surface area contributed by atoms with Crippen molar-refractivity contribution < 1.29 is 19.8 Å². The maximum absolute atomic E-state index is 11.7. The third-order valence-corrected chi connectivity index (χ3v) is 4.08. The second kappa shape index (κ2) is 6.64. The molecule has 3 N–H and O–H groups in total. The molecular weight excluding hydrogens is 292 g/mol. The predicted molar refractivity (Wildman–Crippen MR) is 80.3 cm³/mol. The highest BCUT2D eigenvalue weighted by atomic mass is 32.2. The van der Waals surface area contributed by atoms with E-state index >= 15 is 0 Å². The van der Waals surface area contributed by atoms with Gasteiger partial charge in [-0.25, -0.2) is 4.79 Å². The first-order valence-electron chi connectivity index (χ1n) is 6.33. The minimum absolute atomic E-state index is 0.0950. The first-order valence-corrected chi connectivity index (χ1v) is 7.31. The number of hydrogen-bond donors (Lipinski definition) is 3. The number of carbonyl (C=O) groups excluding carboxylic acids is 1. The first kappa shape index (κ1) is 15.4. The summed E-state index contributed by atoms with van der Waals surface area (Å²) in [7, 11) is 1.93. The smallest absolute Gasteiger partial charge is 0.328 e. The number of fused-ring (bicyclic) bond motifs is 1. The summed E-state index contributed by atoms with van der Waals surface area (Å²) in [6, 6.07) is 6.58. The number of aliphatic carboxylic acids is 1. The van der Waals surface area contributed by atoms with Crippen molar-refractivity contribution in [1.82, 2.24) is 9.88 Å². The van der Waals surface area contributed by atoms with Gasteiger partial charge in [-0.1, -0.05) is 18.2 Å². The number of aryl methyl sites for hydroxylation is 1. The summed E-state index contributed by atoms with van der Waals surface area (Å²) in [4.78, 5) is 23.4. The lowest BCUT2D eigenvalue weighted by molar-refractivity contribution is -0.142. The molecule has 1 aromatic heterocycles. The molecule has 112 valence electrons. The Labute approximate surface area is 125 Å². The van der Waals surface area contributed by atoms with E-state index in [2.05, 4.69) is 5.32 Å². The number of carboxylic acid groups (broad SMARTS) is 1. The van der Waals surface area contributed by atoms with Crippen LogP contribution in [0.4, 0.5) is 0 Å². The van der Waals surface area contributed by atoms with Gasteiger partial charge in [0.25, 0.3) is 0 Å². The van der Waals surface area contributed by atoms with E-state index < -0.39 is 24.5 Å². The normalized spacial score (nSPS) is 12.3. The van der Waals surface area contributed by atoms with Crippen LogP contribution < -0.4 is 5.32 Å². The van der Waals surface area contributed by atoms with E-state index in [4.69, 9.17) is 10.2 Å². The SMILES string of the molecule is Cn1cc(SCC(=O)NC(CO)C(=O)O)c2ccccc21. The second-order valence-corrected chi connectivity index (χ2v) is 5.57. The minimum atomic E-state index is -1.26. The molecule has 0 bridgehead atoms. The average Bonchev–Trinajstić information content (AvgIpc) is 2.79. The zero-order valence-corrected chi connectivity index (χ0v) is 12.3. The summed E-state index contributed by atoms with van der Waals surface area (Å²) in [5, 5.41) is 21.0. The molecule has 0 fully saturated rings. The summed E-state index contributed by atoms with van der Waals surface area (Å²) < 4.78 is 1.98. The fraction of sp³-hybridized carbons (Fsp3) is 0.286. The summed E-state index contributed by atoms with van der Waals surface area (Å²) in [5.41, 5.74) is 1.07. The summed E-state index contributed by atoms with van der Waals surface area (Å²) in [6.07, 6.45) is 1.93. The molecule has 1 atom stereocenters. The van der Waals surface area contributed by atoms with Crippen LogP contribution in [-0.2, 0) is 16.6 Å². The van der Waals surface area contributed by atoms with Crippen molar-refractivity contribution in [3.63, 3.8) is 0 Å². The Balaban J connectivity index is 2.02. The molecule has 1 unspecified atom stereocenters. The number of aliphatic hydroxyl groups is 1. The number of para-hydroxylation sites is 1. The lowest BCUT2D eigenvalue weighted by atomic mass is 10.2. The van der Waals surface area contributed by atoms with Crippen LogP contribution in [-0.4, -0.2) is 45.1 Å². The maximum atomic E-state index is 11.7. The number of nitrogens with one attached hydrogen (secondary N) is 1. The number of amides is 1. The van der Waals surface area contributed by atoms with E-state index in [0.29, 0.717) is 0 Å². The fourth-order valence-corrected chi connectivity index (χ4v) is 2.92. The largest absolute Gasteiger partial charge is 0.480 e. The summed E-state index contributed by atoms with van der Waals surface area (Å²) in [5.74, 6) is -1.58. The van der Waals surface area contributed by atoms with Crippen molar-refractivity contribution in [1.29, 1.82) is 0 Å². The topological polar surface area (TPSA) is 91.6 Å². The number of benzene rings is 1. The number of rotatable bonds is 6. The molecular formula is C14H16N2O4S. The Morgan fingerprint density at radius 2 is 2.10 bits per heavy atom. The van der Waals surface area contributed by atoms with Crippen LogP contribution in [0.3, 0.4) is 0 Å². The van der Waals surface area contributed by atoms with Gasteiger partial charge in [0.1, 0.15) is 6.04 Å². The number of hydrogen-bond acceptors (Lipinski definition) is 4. The molecule has 1 amide bonds. The monoisotopic (exact) mass is 308 g/mol. The summed E-state index contributed by atoms with van der Waals surface area (Å²) >= 11 is 1.34. The molecule has 0 aliphatic carbocycles. The Morgan fingerprint density at radius 3 is 2.76 bits per heavy atom. The Morgan fingerprint density at radius 1 is 1.38 bits per heavy atom. The van der Waals surface area contributed by atoms with Crippen LogP contribution >= 0.6 is 11.8 Å². The van der Waals surface area contributed by atoms with Crippen molar-refractivity contribution in [3.05, 3.63) is 30.5 Å². The lowest BCUT2D eigenvalue weighted by Gasteiger charge is -2.11. The zero-order chi connectivity index (χ0) is 15.4. The van der Waals surface area contributed by atoms with Crippen molar-refractivity contribution in [3.8, 4) is 0 Å². The molecule has 0 saturated carbocycles. The fourth-order valence-electron chi connectivity index (χ4n) is 1.98. The van der Waals surface area contributed by atoms with Crippen LogP contribution in [0.25, 0.3) is 10.9 Å². The van der Waals surface area contributed by atoms with Gasteiger partial charge in [0.2, 0.25) is 5.91 Å². The highest BCUT2D eigenvalue weighted by Gasteiger charge is 2.19. The van der Waals surface area contributed by atoms with Crippen molar-refractivity contribution in [2.45, 2.75) is 10.9 Å². The molecule has 6 nitrogen and oxygen atoms in total. The molecule has 0 spiro atoms. The zero-order valence-electron chi connectivity index (χ0n) is 11.4. The Bertz CT molecular complexity index is 668. The van der Waals surface area contributed by atoms with Gasteiger partial charge in [-0.15, -0.1) is 11.8 Å². The molecule has 7 heteroatoms. The highest BCUT2D eigenvalue weighted by Crippen LogP contribution is 2.29. The average molecular weight is 308 g/mol. The molecule has 0 saturated heterocycles. The third-order valence-electron chi connectivity index (χ3n) is 3.04. The number of aromatic nitrogens is 1. The van der Waals surface area contributed by atoms with E-state index in [1.54, 1.807) is 0 Å². The molecule has 2 aromatic rings. The third kappa shape index (κ3) is 3.56. The van der Waals surface area contributed by atoms with Gasteiger partial charge < -0.3 is 20.1 Å². The van der Waals surface area contributed by atoms with Crippen molar-refractivity contribution in [2.24, 2.45) is 7.05 Å². The quantitative estimate of drug-likeness (QED) is 0.688. The molecule has 0 aliphatic heterocycles. The minimum Gasteiger partial charge on any atom is -0.480 e. The number of thioether (sulfide) groups is 1. The van der Waals surface area contributed by atoms with E-state index in [9.17, 15) is 9.59 Å². The van der Waals surface area contributed by atoms with Crippen LogP contribution in [0.5, 0.6) is 0 Å². The highest BCUT2D eigenvalue weighted by molar-refractivity contribution is 8.00. The summed E-state index contributed by atoms with van der Waals surface area (Å²) in [6.45, 7) is -0.625. The van der Waals surface area contributed by atoms with Gasteiger partial charge in [-0.05, 0) is 6.07 Å². The Hall–Kier alpha value is -1.99. The molecule has 2 rings (SSSR count). The second-order valence-electron chi connectivity index (χ2n) is 4.55. The van der Waals surface area contributed by atoms with Crippen LogP contribution in [0.15, 0.2) is 35.4 Å². The van der Waals surface area contributed by atoms with E-state index in [1.165, 1.54) is 11.8 Å². The molecule has 21 heavy (non-hydrogen) atoms. The number of carboxylic acids is 1. The van der Waals surface area contributed by atoms with Gasteiger partial charge in [-0.3, -0.25) is 4.79 Å². The van der Waals surface area contributed by atoms with Gasteiger partial charge in [0.15, 0.2) is 0 Å². The van der Waals surface area contributed by atoms with Gasteiger partial charge >= 0.3 is 5.97 Å². The number of aliphatic hydroxyl groups excluding tert-OH is 1. The number of carbonyl (C=O) groups is 2. The molecule has 0 aliphatic rings. The predicted octanol–water partition coefficient (Wildman–Crippen LogP) is 0.832. The van der Waals surface area contributed by atoms with Gasteiger partial charge in [0, 0.05) is 29.0 Å². The van der Waals surface area contributed by atoms with Gasteiger partial charge in [-0.2, -0.15) is 0 Å². The van der Waals surface area contributed by atoms with E-state index in [1.807, 2.05) is 42.1 Å². The Kier molecular flexibility index (Phi) is 4.87. The van der Waals surface area contributed by atoms with E-state index in [0.717, 1.165) is 15.8 Å². The van der Waals surface area contributed by atoms with Crippen molar-refractivity contribution >= 4 is 34.5 Å². The van der Waals surface area contributed by atoms with E-state index in [-0.39, 0.29) is 5.75 Å². The number of nitrogens with zero attached hydrogens (tertiary/aromatic N) is 1. The first-order chi connectivity index (χ1) is 10.0. The maximum Gasteiger partial charge on any atom is 0.328 e. The van der Waals surface area contributed by atoms with Crippen molar-refractivity contribution in [2.75, 3.05) is 12.4 Å². The lowest BCUT2D eigenvalue weighted by Crippen LogP contribution is -2.44. The standard InChI is InChI=1S/C14H16N2O4S/c1-16-6-12(9-4-2-3-5-11(9)16)21-8-13(18)15-10(7-17)14(19)20/h2-6,10,17H,7-8H2,1H3,(H,15,18)(H,19,20). The van der Waals surface area contributed by atoms with Gasteiger partial charge in [0.05, 0.1) is 12.4 Å². The van der Waals surface area contributed by atoms with Crippen LogP contribution in [0.2, 0.25) is 0 Å². The van der Waals surface area contributed by atoms with Crippen LogP contribution in [0.1, 0.15) is 0 Å². The molecule has 0 radical (unpaired) electrons. The van der Waals surface area contributed by atoms with Crippen LogP contribution in [0, 0.1) is 0 Å².